The van der Waals surface area contributed by atoms with Crippen LogP contribution in [-0.4, -0.2) is 22.0 Å². The molecule has 5 nitrogen and oxygen atoms in total. The molecule has 1 heterocycles. The lowest BCUT2D eigenvalue weighted by Gasteiger charge is -2.30. The van der Waals surface area contributed by atoms with Crippen LogP contribution >= 0.6 is 23.8 Å². The highest BCUT2D eigenvalue weighted by Crippen LogP contribution is 2.41. The van der Waals surface area contributed by atoms with Crippen LogP contribution in [0.3, 0.4) is 0 Å². The summed E-state index contributed by atoms with van der Waals surface area (Å²) in [6, 6.07) is 13.0. The molecule has 0 aliphatic heterocycles. The molecule has 160 valence electrons. The minimum Gasteiger partial charge on any atom is -0.351 e. The van der Waals surface area contributed by atoms with Gasteiger partial charge in [0, 0.05) is 29.1 Å². The second-order valence-electron chi connectivity index (χ2n) is 8.07. The Kier molecular flexibility index (Phi) is 6.12. The molecule has 0 radical (unpaired) electrons. The third kappa shape index (κ3) is 4.23. The number of hydrogen-bond acceptors (Lipinski definition) is 3. The number of carbonyl (C=O) groups excluding carboxylic acids is 1. The van der Waals surface area contributed by atoms with Gasteiger partial charge in [0.05, 0.1) is 10.9 Å². The van der Waals surface area contributed by atoms with E-state index >= 15 is 0 Å². The van der Waals surface area contributed by atoms with E-state index in [9.17, 15) is 9.59 Å². The number of amides is 1. The fraction of sp³-hybridized carbons (Fsp3) is 0.292. The molecule has 2 N–H and O–H groups in total. The van der Waals surface area contributed by atoms with E-state index in [4.69, 9.17) is 23.8 Å². The quantitative estimate of drug-likeness (QED) is 0.401. The van der Waals surface area contributed by atoms with Gasteiger partial charge in [0.2, 0.25) is 0 Å². The maximum absolute atomic E-state index is 12.9. The Morgan fingerprint density at radius 3 is 2.61 bits per heavy atom. The Morgan fingerprint density at radius 1 is 1.23 bits per heavy atom. The second kappa shape index (κ2) is 8.81. The second-order valence-corrected chi connectivity index (χ2v) is 8.90. The molecule has 1 saturated carbocycles. The zero-order valence-electron chi connectivity index (χ0n) is 17.1. The molecule has 0 saturated heterocycles. The van der Waals surface area contributed by atoms with Gasteiger partial charge in [0.1, 0.15) is 0 Å². The third-order valence-electron chi connectivity index (χ3n) is 6.16. The number of aromatic nitrogens is 2. The number of halogens is 1. The predicted molar refractivity (Wildman–Crippen MR) is 128 cm³/mol. The standard InChI is InChI=1S/C24H24ClN3O2S/c1-2-13-28-22(30)19-10-5-16(14-20(19)27-23(28)31)21(29)26-15-24(11-3-4-12-24)17-6-8-18(25)9-7-17/h2,5-10,14H,1,3-4,11-13,15H2,(H,26,29)(H,27,31). The van der Waals surface area contributed by atoms with Gasteiger partial charge in [0.15, 0.2) is 4.77 Å². The van der Waals surface area contributed by atoms with Crippen LogP contribution in [0, 0.1) is 4.77 Å². The fourth-order valence-corrected chi connectivity index (χ4v) is 4.86. The summed E-state index contributed by atoms with van der Waals surface area (Å²) < 4.78 is 1.75. The smallest absolute Gasteiger partial charge is 0.262 e. The number of nitrogens with one attached hydrogen (secondary N) is 2. The van der Waals surface area contributed by atoms with Crippen molar-refractivity contribution in [3.63, 3.8) is 0 Å². The van der Waals surface area contributed by atoms with Crippen molar-refractivity contribution in [2.75, 3.05) is 6.54 Å². The highest BCUT2D eigenvalue weighted by molar-refractivity contribution is 7.71. The van der Waals surface area contributed by atoms with E-state index in [1.807, 2.05) is 12.1 Å². The molecule has 1 aliphatic rings. The number of rotatable bonds is 6. The van der Waals surface area contributed by atoms with Crippen LogP contribution in [-0.2, 0) is 12.0 Å². The molecule has 0 unspecified atom stereocenters. The number of nitrogens with zero attached hydrogens (tertiary/aromatic N) is 1. The first-order valence-corrected chi connectivity index (χ1v) is 11.1. The van der Waals surface area contributed by atoms with Crippen molar-refractivity contribution >= 4 is 40.6 Å². The van der Waals surface area contributed by atoms with E-state index in [0.717, 1.165) is 25.7 Å². The minimum absolute atomic E-state index is 0.0740. The Hall–Kier alpha value is -2.70. The molecular formula is C24H24ClN3O2S. The molecule has 4 rings (SSSR count). The highest BCUT2D eigenvalue weighted by atomic mass is 35.5. The largest absolute Gasteiger partial charge is 0.351 e. The Bertz CT molecular complexity index is 1250. The van der Waals surface area contributed by atoms with E-state index in [2.05, 4.69) is 29.0 Å². The van der Waals surface area contributed by atoms with E-state index in [1.54, 1.807) is 24.3 Å². The molecule has 1 aromatic heterocycles. The van der Waals surface area contributed by atoms with Crippen LogP contribution in [0.4, 0.5) is 0 Å². The third-order valence-corrected chi connectivity index (χ3v) is 6.73. The average molecular weight is 454 g/mol. The summed E-state index contributed by atoms with van der Waals surface area (Å²) in [5, 5.41) is 4.31. The SMILES string of the molecule is C=CCn1c(=S)[nH]c2cc(C(=O)NCC3(c4ccc(Cl)cc4)CCCC3)ccc2c1=O. The molecule has 3 aromatic rings. The lowest BCUT2D eigenvalue weighted by molar-refractivity contribution is 0.0943. The van der Waals surface area contributed by atoms with Crippen molar-refractivity contribution in [3.8, 4) is 0 Å². The van der Waals surface area contributed by atoms with Gasteiger partial charge in [-0.15, -0.1) is 6.58 Å². The monoisotopic (exact) mass is 453 g/mol. The topological polar surface area (TPSA) is 66.9 Å². The molecule has 31 heavy (non-hydrogen) atoms. The van der Waals surface area contributed by atoms with E-state index in [1.165, 1.54) is 10.1 Å². The predicted octanol–water partition coefficient (Wildman–Crippen LogP) is 5.14. The normalized spacial score (nSPS) is 15.1. The van der Waals surface area contributed by atoms with Crippen molar-refractivity contribution in [1.29, 1.82) is 0 Å². The van der Waals surface area contributed by atoms with Crippen LogP contribution in [0.1, 0.15) is 41.6 Å². The van der Waals surface area contributed by atoms with E-state index in [-0.39, 0.29) is 16.9 Å². The zero-order chi connectivity index (χ0) is 22.0. The van der Waals surface area contributed by atoms with Gasteiger partial charge in [-0.25, -0.2) is 0 Å². The average Bonchev–Trinajstić information content (AvgIpc) is 3.25. The van der Waals surface area contributed by atoms with Crippen molar-refractivity contribution in [3.05, 3.63) is 86.4 Å². The van der Waals surface area contributed by atoms with Gasteiger partial charge in [-0.3, -0.25) is 14.2 Å². The molecule has 0 atom stereocenters. The van der Waals surface area contributed by atoms with Gasteiger partial charge < -0.3 is 10.3 Å². The van der Waals surface area contributed by atoms with Crippen LogP contribution in [0.15, 0.2) is 59.9 Å². The molecule has 0 spiro atoms. The van der Waals surface area contributed by atoms with Crippen LogP contribution in [0.2, 0.25) is 5.02 Å². The number of aromatic amines is 1. The molecule has 1 fully saturated rings. The summed E-state index contributed by atoms with van der Waals surface area (Å²) in [7, 11) is 0. The highest BCUT2D eigenvalue weighted by Gasteiger charge is 2.36. The summed E-state index contributed by atoms with van der Waals surface area (Å²) >= 11 is 11.4. The molecular weight excluding hydrogens is 430 g/mol. The van der Waals surface area contributed by atoms with Crippen LogP contribution in [0.25, 0.3) is 10.9 Å². The number of carbonyl (C=O) groups is 1. The first-order chi connectivity index (χ1) is 14.9. The van der Waals surface area contributed by atoms with Gasteiger partial charge in [-0.05, 0) is 61.0 Å². The lowest BCUT2D eigenvalue weighted by atomic mass is 9.79. The summed E-state index contributed by atoms with van der Waals surface area (Å²) in [4.78, 5) is 28.7. The van der Waals surface area contributed by atoms with Crippen LogP contribution in [0.5, 0.6) is 0 Å². The molecule has 1 amide bonds. The van der Waals surface area contributed by atoms with Crippen molar-refractivity contribution < 1.29 is 4.79 Å². The Balaban J connectivity index is 1.58. The van der Waals surface area contributed by atoms with Crippen molar-refractivity contribution in [1.82, 2.24) is 14.9 Å². The fourth-order valence-electron chi connectivity index (χ4n) is 4.46. The summed E-state index contributed by atoms with van der Waals surface area (Å²) in [6.07, 6.45) is 5.97. The lowest BCUT2D eigenvalue weighted by Crippen LogP contribution is -2.39. The number of fused-ring (bicyclic) bond motifs is 1. The maximum Gasteiger partial charge on any atom is 0.262 e. The first-order valence-electron chi connectivity index (χ1n) is 10.4. The molecule has 2 aromatic carbocycles. The number of allylic oxidation sites excluding steroid dienone is 1. The van der Waals surface area contributed by atoms with Gasteiger partial charge in [-0.2, -0.15) is 0 Å². The Morgan fingerprint density at radius 2 is 1.94 bits per heavy atom. The summed E-state index contributed by atoms with van der Waals surface area (Å²) in [6.45, 7) is 4.55. The zero-order valence-corrected chi connectivity index (χ0v) is 18.7. The number of hydrogen-bond donors (Lipinski definition) is 2. The van der Waals surface area contributed by atoms with Crippen LogP contribution < -0.4 is 10.9 Å². The Labute approximate surface area is 190 Å². The van der Waals surface area contributed by atoms with Gasteiger partial charge in [-0.1, -0.05) is 42.7 Å². The molecule has 7 heteroatoms. The molecule has 1 aliphatic carbocycles. The van der Waals surface area contributed by atoms with Gasteiger partial charge >= 0.3 is 0 Å². The van der Waals surface area contributed by atoms with E-state index in [0.29, 0.717) is 39.3 Å². The van der Waals surface area contributed by atoms with Crippen molar-refractivity contribution in [2.45, 2.75) is 37.6 Å². The van der Waals surface area contributed by atoms with E-state index < -0.39 is 0 Å². The maximum atomic E-state index is 12.9. The number of benzene rings is 2. The summed E-state index contributed by atoms with van der Waals surface area (Å²) in [5.74, 6) is -0.170. The molecule has 0 bridgehead atoms. The van der Waals surface area contributed by atoms with Gasteiger partial charge in [0.25, 0.3) is 11.5 Å². The van der Waals surface area contributed by atoms with Crippen molar-refractivity contribution in [2.24, 2.45) is 0 Å². The minimum atomic E-state index is -0.196. The number of H-pyrrole nitrogens is 1. The summed E-state index contributed by atoms with van der Waals surface area (Å²) in [5.41, 5.74) is 1.98. The first kappa shape index (κ1) is 21.5.